The lowest BCUT2D eigenvalue weighted by Crippen LogP contribution is -2.76. The molecule has 0 radical (unpaired) electrons. The van der Waals surface area contributed by atoms with Crippen molar-refractivity contribution in [1.82, 2.24) is 0 Å². The van der Waals surface area contributed by atoms with Gasteiger partial charge in [-0.1, -0.05) is 48.5 Å². The topological polar surface area (TPSA) is 26.3 Å². The fraction of sp³-hybridized carbons (Fsp3) is 0.125. The monoisotopic (exact) mass is 269 g/mol. The van der Waals surface area contributed by atoms with Crippen LogP contribution in [0.3, 0.4) is 0 Å². The highest BCUT2D eigenvalue weighted by molar-refractivity contribution is 6.66. The Hall–Kier alpha value is -1.93. The van der Waals surface area contributed by atoms with Gasteiger partial charge >= 0.3 is 5.84 Å². The standard InChI is InChI=1S/C16H13ClN2/c17-15-11-14(12-7-3-1-4-8-12)18-16(19-15)13-9-5-2-6-10-13/h1-10,14H,11H2/p+1. The van der Waals surface area contributed by atoms with Gasteiger partial charge in [0.15, 0.2) is 0 Å². The summed E-state index contributed by atoms with van der Waals surface area (Å²) in [7, 11) is 0. The van der Waals surface area contributed by atoms with Crippen molar-refractivity contribution in [2.45, 2.75) is 12.5 Å². The molecule has 3 rings (SSSR count). The van der Waals surface area contributed by atoms with Gasteiger partial charge in [-0.05, 0) is 34.3 Å². The maximum Gasteiger partial charge on any atom is 0.325 e. The van der Waals surface area contributed by atoms with E-state index in [2.05, 4.69) is 22.1 Å². The van der Waals surface area contributed by atoms with E-state index in [4.69, 9.17) is 11.6 Å². The fourth-order valence-corrected chi connectivity index (χ4v) is 2.45. The van der Waals surface area contributed by atoms with Crippen LogP contribution in [0, 0.1) is 0 Å². The SMILES string of the molecule is ClC1=NC(c2ccccc2)=[NH+]C(c2ccccc2)C1. The summed E-state index contributed by atoms with van der Waals surface area (Å²) in [6, 6.07) is 20.5. The molecule has 0 spiro atoms. The highest BCUT2D eigenvalue weighted by Crippen LogP contribution is 2.16. The lowest BCUT2D eigenvalue weighted by molar-refractivity contribution is -0.509. The lowest BCUT2D eigenvalue weighted by Gasteiger charge is -2.12. The minimum absolute atomic E-state index is 0.182. The molecule has 19 heavy (non-hydrogen) atoms. The predicted octanol–water partition coefficient (Wildman–Crippen LogP) is 2.30. The number of aliphatic imine (C=N–C) groups is 1. The molecule has 1 unspecified atom stereocenters. The van der Waals surface area contributed by atoms with E-state index >= 15 is 0 Å². The third-order valence-electron chi connectivity index (χ3n) is 3.17. The van der Waals surface area contributed by atoms with Crippen molar-refractivity contribution in [1.29, 1.82) is 0 Å². The number of halogens is 1. The number of amidine groups is 1. The van der Waals surface area contributed by atoms with E-state index in [9.17, 15) is 0 Å². The average Bonchev–Trinajstić information content (AvgIpc) is 2.48. The Morgan fingerprint density at radius 3 is 2.26 bits per heavy atom. The van der Waals surface area contributed by atoms with Gasteiger partial charge in [0.05, 0.1) is 12.0 Å². The normalized spacial score (nSPS) is 18.7. The van der Waals surface area contributed by atoms with Crippen LogP contribution in [0.15, 0.2) is 65.7 Å². The number of hydrogen-bond donors (Lipinski definition) is 1. The fourth-order valence-electron chi connectivity index (χ4n) is 2.21. The molecule has 1 aliphatic heterocycles. The lowest BCUT2D eigenvalue weighted by atomic mass is 10.0. The van der Waals surface area contributed by atoms with Crippen LogP contribution in [-0.4, -0.2) is 11.0 Å². The van der Waals surface area contributed by atoms with Gasteiger partial charge in [0.25, 0.3) is 0 Å². The third kappa shape index (κ3) is 2.74. The van der Waals surface area contributed by atoms with Crippen LogP contribution >= 0.6 is 11.6 Å². The molecule has 0 amide bonds. The van der Waals surface area contributed by atoms with E-state index in [1.165, 1.54) is 5.56 Å². The summed E-state index contributed by atoms with van der Waals surface area (Å²) in [5, 5.41) is 0.645. The molecular formula is C16H14ClN2+. The second-order valence-electron chi connectivity index (χ2n) is 4.51. The van der Waals surface area contributed by atoms with Gasteiger partial charge in [-0.15, -0.1) is 0 Å². The number of nitrogens with zero attached hydrogens (tertiary/aromatic N) is 1. The van der Waals surface area contributed by atoms with Crippen molar-refractivity contribution in [3.8, 4) is 0 Å². The van der Waals surface area contributed by atoms with Gasteiger partial charge < -0.3 is 0 Å². The van der Waals surface area contributed by atoms with Crippen molar-refractivity contribution >= 4 is 22.6 Å². The molecule has 2 nitrogen and oxygen atoms in total. The Balaban J connectivity index is 1.98. The van der Waals surface area contributed by atoms with Crippen LogP contribution in [0.25, 0.3) is 0 Å². The second-order valence-corrected chi connectivity index (χ2v) is 4.95. The first-order valence-corrected chi connectivity index (χ1v) is 6.67. The van der Waals surface area contributed by atoms with Crippen molar-refractivity contribution in [2.75, 3.05) is 0 Å². The summed E-state index contributed by atoms with van der Waals surface area (Å²) in [5.74, 6) is 0.839. The molecule has 0 fully saturated rings. The van der Waals surface area contributed by atoms with Gasteiger partial charge in [0.1, 0.15) is 6.04 Å². The van der Waals surface area contributed by atoms with E-state index in [0.29, 0.717) is 5.17 Å². The van der Waals surface area contributed by atoms with Crippen LogP contribution in [-0.2, 0) is 0 Å². The molecular weight excluding hydrogens is 256 g/mol. The zero-order valence-corrected chi connectivity index (χ0v) is 11.1. The first kappa shape index (κ1) is 12.1. The quantitative estimate of drug-likeness (QED) is 0.866. The van der Waals surface area contributed by atoms with Crippen LogP contribution < -0.4 is 4.99 Å². The molecule has 0 aromatic heterocycles. The summed E-state index contributed by atoms with van der Waals surface area (Å²) in [5.41, 5.74) is 2.28. The molecule has 1 aliphatic rings. The molecule has 2 aromatic rings. The van der Waals surface area contributed by atoms with E-state index in [1.807, 2.05) is 48.5 Å². The first-order valence-electron chi connectivity index (χ1n) is 6.30. The summed E-state index contributed by atoms with van der Waals surface area (Å²) >= 11 is 6.20. The van der Waals surface area contributed by atoms with Crippen molar-refractivity contribution in [3.63, 3.8) is 0 Å². The van der Waals surface area contributed by atoms with Crippen LogP contribution in [0.5, 0.6) is 0 Å². The van der Waals surface area contributed by atoms with Crippen LogP contribution in [0.4, 0.5) is 0 Å². The van der Waals surface area contributed by atoms with Crippen LogP contribution in [0.1, 0.15) is 23.6 Å². The molecule has 1 heterocycles. The summed E-state index contributed by atoms with van der Waals surface area (Å²) in [4.78, 5) is 7.88. The van der Waals surface area contributed by atoms with E-state index in [-0.39, 0.29) is 6.04 Å². The zero-order valence-electron chi connectivity index (χ0n) is 10.4. The third-order valence-corrected chi connectivity index (χ3v) is 3.40. The van der Waals surface area contributed by atoms with Gasteiger partial charge in [-0.25, -0.2) is 0 Å². The van der Waals surface area contributed by atoms with Crippen LogP contribution in [0.2, 0.25) is 0 Å². The predicted molar refractivity (Wildman–Crippen MR) is 78.6 cm³/mol. The highest BCUT2D eigenvalue weighted by atomic mass is 35.5. The highest BCUT2D eigenvalue weighted by Gasteiger charge is 2.26. The second kappa shape index (κ2) is 5.37. The average molecular weight is 270 g/mol. The largest absolute Gasteiger partial charge is 0.325 e. The van der Waals surface area contributed by atoms with E-state index < -0.39 is 0 Å². The number of rotatable bonds is 2. The molecule has 0 saturated heterocycles. The maximum atomic E-state index is 6.20. The minimum atomic E-state index is 0.182. The number of nitrogens with one attached hydrogen (secondary N) is 1. The van der Waals surface area contributed by atoms with Gasteiger partial charge in [-0.2, -0.15) is 0 Å². The number of hydrogen-bond acceptors (Lipinski definition) is 1. The molecule has 94 valence electrons. The van der Waals surface area contributed by atoms with Crippen molar-refractivity contribution < 1.29 is 4.99 Å². The molecule has 3 heteroatoms. The Labute approximate surface area is 117 Å². The minimum Gasteiger partial charge on any atom is -0.263 e. The van der Waals surface area contributed by atoms with E-state index in [0.717, 1.165) is 17.8 Å². The Morgan fingerprint density at radius 2 is 1.58 bits per heavy atom. The maximum absolute atomic E-state index is 6.20. The van der Waals surface area contributed by atoms with Crippen molar-refractivity contribution in [2.24, 2.45) is 4.99 Å². The molecule has 1 N–H and O–H groups in total. The zero-order chi connectivity index (χ0) is 13.1. The summed E-state index contributed by atoms with van der Waals surface area (Å²) in [6.07, 6.45) is 0.724. The molecule has 0 saturated carbocycles. The van der Waals surface area contributed by atoms with Gasteiger partial charge in [0, 0.05) is 0 Å². The van der Waals surface area contributed by atoms with Crippen molar-refractivity contribution in [3.05, 3.63) is 71.8 Å². The molecule has 1 atom stereocenters. The Morgan fingerprint density at radius 1 is 0.947 bits per heavy atom. The molecule has 2 aromatic carbocycles. The first-order chi connectivity index (χ1) is 9.33. The summed E-state index contributed by atoms with van der Waals surface area (Å²) < 4.78 is 0. The van der Waals surface area contributed by atoms with Gasteiger partial charge in [-0.3, -0.25) is 4.99 Å². The molecule has 0 aliphatic carbocycles. The summed E-state index contributed by atoms with van der Waals surface area (Å²) in [6.45, 7) is 0. The Kier molecular flexibility index (Phi) is 3.43. The van der Waals surface area contributed by atoms with E-state index in [1.54, 1.807) is 0 Å². The smallest absolute Gasteiger partial charge is 0.263 e. The molecule has 0 bridgehead atoms. The number of benzene rings is 2. The Bertz CT molecular complexity index is 618. The van der Waals surface area contributed by atoms with Gasteiger partial charge in [0.2, 0.25) is 5.17 Å².